The van der Waals surface area contributed by atoms with Crippen molar-refractivity contribution in [2.45, 2.75) is 136 Å². The Hall–Kier alpha value is -1.22. The minimum Gasteiger partial charge on any atom is -0.478 e. The molecule has 0 fully saturated rings. The predicted molar refractivity (Wildman–Crippen MR) is 166 cm³/mol. The van der Waals surface area contributed by atoms with Crippen LogP contribution in [0.5, 0.6) is 0 Å². The Bertz CT molecular complexity index is 825. The third kappa shape index (κ3) is 13.4. The molecule has 0 bridgehead atoms. The van der Waals surface area contributed by atoms with Crippen LogP contribution >= 0.6 is 0 Å². The maximum Gasteiger partial charge on any atom is 0.330 e. The molecule has 6 heteroatoms. The van der Waals surface area contributed by atoms with Crippen molar-refractivity contribution in [2.24, 2.45) is 5.92 Å². The van der Waals surface area contributed by atoms with E-state index in [1.807, 2.05) is 6.08 Å². The maximum atomic E-state index is 11.1. The van der Waals surface area contributed by atoms with Gasteiger partial charge in [-0.05, 0) is 96.1 Å². The lowest BCUT2D eigenvalue weighted by atomic mass is 9.89. The lowest BCUT2D eigenvalue weighted by molar-refractivity contribution is -0.132. The molecule has 0 saturated heterocycles. The van der Waals surface area contributed by atoms with Crippen molar-refractivity contribution in [3.63, 3.8) is 0 Å². The lowest BCUT2D eigenvalue weighted by Gasteiger charge is -2.47. The summed E-state index contributed by atoms with van der Waals surface area (Å²) in [7, 11) is -3.85. The minimum atomic E-state index is -2.02. The summed E-state index contributed by atoms with van der Waals surface area (Å²) in [5.41, 5.74) is 2.43. The summed E-state index contributed by atoms with van der Waals surface area (Å²) in [6, 6.07) is 0. The third-order valence-corrected chi connectivity index (χ3v) is 13.0. The first-order chi connectivity index (χ1) is 16.6. The first kappa shape index (κ1) is 35.8. The molecule has 0 aromatic rings. The molecule has 0 unspecified atom stereocenters. The molecule has 37 heavy (non-hydrogen) atoms. The fourth-order valence-electron chi connectivity index (χ4n) is 4.05. The number of rotatable bonds is 17. The van der Waals surface area contributed by atoms with E-state index in [9.17, 15) is 4.79 Å². The van der Waals surface area contributed by atoms with Crippen molar-refractivity contribution in [2.75, 3.05) is 0 Å². The first-order valence-corrected chi connectivity index (χ1v) is 20.2. The fourth-order valence-corrected chi connectivity index (χ4v) is 7.11. The molecule has 1 N–H and O–H groups in total. The van der Waals surface area contributed by atoms with E-state index in [1.165, 1.54) is 11.1 Å². The number of carboxylic acid groups (broad SMARTS) is 1. The van der Waals surface area contributed by atoms with Crippen molar-refractivity contribution in [1.82, 2.24) is 0 Å². The molecule has 0 saturated carbocycles. The van der Waals surface area contributed by atoms with E-state index in [0.29, 0.717) is 18.8 Å². The van der Waals surface area contributed by atoms with E-state index in [0.717, 1.165) is 25.7 Å². The van der Waals surface area contributed by atoms with Crippen molar-refractivity contribution in [3.8, 4) is 0 Å². The quantitative estimate of drug-likeness (QED) is 0.0847. The highest BCUT2D eigenvalue weighted by Crippen LogP contribution is 2.41. The van der Waals surface area contributed by atoms with Gasteiger partial charge in [-0.25, -0.2) is 4.79 Å². The zero-order chi connectivity index (χ0) is 29.2. The van der Waals surface area contributed by atoms with Gasteiger partial charge in [-0.1, -0.05) is 70.6 Å². The van der Waals surface area contributed by atoms with Gasteiger partial charge in [0.15, 0.2) is 16.6 Å². The summed E-state index contributed by atoms with van der Waals surface area (Å²) >= 11 is 0. The van der Waals surface area contributed by atoms with Crippen LogP contribution in [0, 0.1) is 5.92 Å². The first-order valence-electron chi connectivity index (χ1n) is 13.9. The van der Waals surface area contributed by atoms with Crippen LogP contribution in [0.1, 0.15) is 87.0 Å². The van der Waals surface area contributed by atoms with E-state index < -0.39 is 22.6 Å². The summed E-state index contributed by atoms with van der Waals surface area (Å²) < 4.78 is 14.0. The van der Waals surface area contributed by atoms with Crippen LogP contribution in [0.15, 0.2) is 48.1 Å². The Morgan fingerprint density at radius 2 is 1.57 bits per heavy atom. The van der Waals surface area contributed by atoms with Crippen molar-refractivity contribution >= 4 is 22.6 Å². The van der Waals surface area contributed by atoms with Gasteiger partial charge in [0.25, 0.3) is 0 Å². The molecule has 0 aliphatic rings. The van der Waals surface area contributed by atoms with Gasteiger partial charge in [0.2, 0.25) is 0 Å². The smallest absolute Gasteiger partial charge is 0.330 e. The Balaban J connectivity index is 6.00. The monoisotopic (exact) mass is 550 g/mol. The van der Waals surface area contributed by atoms with Gasteiger partial charge in [0.1, 0.15) is 0 Å². The highest BCUT2D eigenvalue weighted by atomic mass is 28.4. The Kier molecular flexibility index (Phi) is 14.3. The van der Waals surface area contributed by atoms with Gasteiger partial charge in [-0.2, -0.15) is 0 Å². The van der Waals surface area contributed by atoms with Crippen molar-refractivity contribution in [3.05, 3.63) is 48.1 Å². The molecule has 2 atom stereocenters. The second-order valence-electron chi connectivity index (χ2n) is 13.6. The zero-order valence-corrected chi connectivity index (χ0v) is 28.2. The SMILES string of the molecule is C=CCC[C@@](C)(O[Si](C)(C)C)[C@H](CC/C(C)=C/C=C(\CCC(=C)C(=O)O)C(C)C)O[Si](C)(C)C(C)(C)C. The summed E-state index contributed by atoms with van der Waals surface area (Å²) in [6.07, 6.45) is 11.2. The zero-order valence-electron chi connectivity index (χ0n) is 26.2. The molecule has 0 rings (SSSR count). The Morgan fingerprint density at radius 1 is 1.00 bits per heavy atom. The van der Waals surface area contributed by atoms with Crippen molar-refractivity contribution in [1.29, 1.82) is 0 Å². The number of allylic oxidation sites excluding steroid dienone is 5. The molecular formula is C31H58O4Si2. The van der Waals surface area contributed by atoms with E-state index in [1.54, 1.807) is 0 Å². The van der Waals surface area contributed by atoms with Crippen LogP contribution < -0.4 is 0 Å². The van der Waals surface area contributed by atoms with Gasteiger partial charge < -0.3 is 14.0 Å². The second-order valence-corrected chi connectivity index (χ2v) is 22.8. The molecule has 0 aromatic heterocycles. The average Bonchev–Trinajstić information content (AvgIpc) is 2.72. The van der Waals surface area contributed by atoms with E-state index >= 15 is 0 Å². The normalized spacial score (nSPS) is 16.5. The minimum absolute atomic E-state index is 0.00384. The number of aliphatic carboxylic acids is 1. The Labute approximate surface area is 231 Å². The summed E-state index contributed by atoms with van der Waals surface area (Å²) in [4.78, 5) is 11.1. The summed E-state index contributed by atoms with van der Waals surface area (Å²) in [5, 5.41) is 9.26. The van der Waals surface area contributed by atoms with Crippen LogP contribution in [0.4, 0.5) is 0 Å². The van der Waals surface area contributed by atoms with Crippen LogP contribution in [0.25, 0.3) is 0 Å². The molecule has 0 heterocycles. The Morgan fingerprint density at radius 3 is 2.00 bits per heavy atom. The average molecular weight is 551 g/mol. The van der Waals surface area contributed by atoms with E-state index in [4.69, 9.17) is 14.0 Å². The van der Waals surface area contributed by atoms with E-state index in [-0.39, 0.29) is 22.3 Å². The topological polar surface area (TPSA) is 55.8 Å². The van der Waals surface area contributed by atoms with Gasteiger partial charge >= 0.3 is 5.97 Å². The van der Waals surface area contributed by atoms with Crippen LogP contribution in [-0.4, -0.2) is 39.4 Å². The molecule has 214 valence electrons. The van der Waals surface area contributed by atoms with Gasteiger partial charge in [-0.3, -0.25) is 0 Å². The summed E-state index contributed by atoms with van der Waals surface area (Å²) in [6.45, 7) is 34.7. The van der Waals surface area contributed by atoms with Gasteiger partial charge in [-0.15, -0.1) is 6.58 Å². The molecule has 0 aliphatic heterocycles. The van der Waals surface area contributed by atoms with Crippen LogP contribution in [-0.2, 0) is 13.6 Å². The van der Waals surface area contributed by atoms with Crippen LogP contribution in [0.2, 0.25) is 37.8 Å². The number of hydrogen-bond donors (Lipinski definition) is 1. The molecule has 0 amide bonds. The molecular weight excluding hydrogens is 493 g/mol. The molecule has 0 aliphatic carbocycles. The van der Waals surface area contributed by atoms with E-state index in [2.05, 4.69) is 107 Å². The largest absolute Gasteiger partial charge is 0.478 e. The molecule has 4 nitrogen and oxygen atoms in total. The highest BCUT2D eigenvalue weighted by Gasteiger charge is 2.45. The lowest BCUT2D eigenvalue weighted by Crippen LogP contribution is -2.55. The van der Waals surface area contributed by atoms with Gasteiger partial charge in [0, 0.05) is 5.57 Å². The number of hydrogen-bond acceptors (Lipinski definition) is 3. The molecule has 0 radical (unpaired) electrons. The standard InChI is InChI=1S/C31H58O4Si2/c1-15-16-23-31(9,35-36(10,11)12)28(34-37(13,14)30(6,7)8)22-18-25(4)17-20-27(24(2)3)21-19-26(5)29(32)33/h15,17,20,24,28H,1,5,16,18-19,21-23H2,2-4,6-14H3,(H,32,33)/b25-17+,27-20+/t28-,31+/m0/s1. The van der Waals surface area contributed by atoms with Gasteiger partial charge in [0.05, 0.1) is 11.7 Å². The van der Waals surface area contributed by atoms with Crippen LogP contribution in [0.3, 0.4) is 0 Å². The third-order valence-electron chi connectivity index (χ3n) is 7.45. The summed E-state index contributed by atoms with van der Waals surface area (Å²) in [5.74, 6) is -0.560. The van der Waals surface area contributed by atoms with Crippen molar-refractivity contribution < 1.29 is 18.8 Å². The number of carbonyl (C=O) groups is 1. The molecule has 0 spiro atoms. The number of carboxylic acids is 1. The predicted octanol–water partition coefficient (Wildman–Crippen LogP) is 9.68. The maximum absolute atomic E-state index is 11.1. The fraction of sp³-hybridized carbons (Fsp3) is 0.710. The molecule has 0 aromatic carbocycles. The highest BCUT2D eigenvalue weighted by molar-refractivity contribution is 6.74. The second kappa shape index (κ2) is 14.8.